The molecular formula is C15H21F3N2O. The Morgan fingerprint density at radius 3 is 2.33 bits per heavy atom. The summed E-state index contributed by atoms with van der Waals surface area (Å²) in [4.78, 5) is 17.2. The zero-order valence-electron chi connectivity index (χ0n) is 12.7. The van der Waals surface area contributed by atoms with Gasteiger partial charge in [-0.25, -0.2) is 0 Å². The second-order valence-electron chi connectivity index (χ2n) is 5.61. The molecule has 1 atom stereocenters. The van der Waals surface area contributed by atoms with Gasteiger partial charge in [0.05, 0.1) is 6.42 Å². The highest BCUT2D eigenvalue weighted by atomic mass is 19.4. The van der Waals surface area contributed by atoms with Crippen LogP contribution in [0.5, 0.6) is 0 Å². The van der Waals surface area contributed by atoms with Crippen LogP contribution in [0.15, 0.2) is 18.3 Å². The third-order valence-corrected chi connectivity index (χ3v) is 3.45. The maximum Gasteiger partial charge on any atom is 0.406 e. The first kappa shape index (κ1) is 17.5. The summed E-state index contributed by atoms with van der Waals surface area (Å²) < 4.78 is 38.0. The second kappa shape index (κ2) is 6.91. The Labute approximate surface area is 123 Å². The molecule has 0 fully saturated rings. The molecule has 21 heavy (non-hydrogen) atoms. The third kappa shape index (κ3) is 5.73. The van der Waals surface area contributed by atoms with Gasteiger partial charge in [0.25, 0.3) is 0 Å². The molecule has 3 nitrogen and oxygen atoms in total. The fourth-order valence-electron chi connectivity index (χ4n) is 1.89. The van der Waals surface area contributed by atoms with E-state index in [0.717, 1.165) is 10.6 Å². The predicted molar refractivity (Wildman–Crippen MR) is 74.7 cm³/mol. The monoisotopic (exact) mass is 302 g/mol. The summed E-state index contributed by atoms with van der Waals surface area (Å²) in [6.07, 6.45) is -2.94. The lowest BCUT2D eigenvalue weighted by molar-refractivity contribution is -0.166. The number of alkyl halides is 3. The number of aromatic nitrogens is 1. The summed E-state index contributed by atoms with van der Waals surface area (Å²) in [5, 5.41) is 0. The van der Waals surface area contributed by atoms with E-state index in [1.165, 1.54) is 6.20 Å². The number of carbonyl (C=O) groups excluding carboxylic acids is 1. The van der Waals surface area contributed by atoms with Crippen LogP contribution in [-0.2, 0) is 11.2 Å². The Kier molecular flexibility index (Phi) is 5.75. The molecule has 1 aromatic rings. The molecular weight excluding hydrogens is 281 g/mol. The lowest BCUT2D eigenvalue weighted by Crippen LogP contribution is -2.47. The van der Waals surface area contributed by atoms with Crippen molar-refractivity contribution in [1.29, 1.82) is 0 Å². The molecule has 1 amide bonds. The third-order valence-electron chi connectivity index (χ3n) is 3.45. The molecule has 0 aliphatic heterocycles. The average molecular weight is 302 g/mol. The Morgan fingerprint density at radius 1 is 1.29 bits per heavy atom. The van der Waals surface area contributed by atoms with Crippen molar-refractivity contribution in [2.75, 3.05) is 6.54 Å². The molecule has 6 heteroatoms. The topological polar surface area (TPSA) is 33.2 Å². The largest absolute Gasteiger partial charge is 0.406 e. The van der Waals surface area contributed by atoms with Crippen LogP contribution in [0.1, 0.15) is 32.0 Å². The molecule has 0 spiro atoms. The molecule has 1 unspecified atom stereocenters. The van der Waals surface area contributed by atoms with Gasteiger partial charge in [-0.05, 0) is 31.4 Å². The lowest BCUT2D eigenvalue weighted by atomic mass is 10.0. The van der Waals surface area contributed by atoms with E-state index in [0.29, 0.717) is 5.56 Å². The molecule has 1 heterocycles. The van der Waals surface area contributed by atoms with Gasteiger partial charge in [-0.1, -0.05) is 19.9 Å². The van der Waals surface area contributed by atoms with Crippen LogP contribution in [0.4, 0.5) is 13.2 Å². The molecule has 1 aromatic heterocycles. The van der Waals surface area contributed by atoms with Gasteiger partial charge < -0.3 is 4.90 Å². The lowest BCUT2D eigenvalue weighted by Gasteiger charge is -2.32. The minimum absolute atomic E-state index is 0.0487. The smallest absolute Gasteiger partial charge is 0.330 e. The Balaban J connectivity index is 2.86. The van der Waals surface area contributed by atoms with Crippen molar-refractivity contribution in [1.82, 2.24) is 9.88 Å². The van der Waals surface area contributed by atoms with E-state index in [4.69, 9.17) is 0 Å². The number of nitrogens with zero attached hydrogens (tertiary/aromatic N) is 2. The quantitative estimate of drug-likeness (QED) is 0.835. The highest BCUT2D eigenvalue weighted by Gasteiger charge is 2.35. The van der Waals surface area contributed by atoms with Crippen LogP contribution >= 0.6 is 0 Å². The van der Waals surface area contributed by atoms with E-state index < -0.39 is 24.7 Å². The molecule has 0 saturated carbocycles. The molecule has 0 N–H and O–H groups in total. The normalized spacial score (nSPS) is 13.3. The van der Waals surface area contributed by atoms with Crippen molar-refractivity contribution in [2.45, 2.75) is 46.3 Å². The molecule has 0 aromatic carbocycles. The Hall–Kier alpha value is -1.59. The minimum Gasteiger partial charge on any atom is -0.330 e. The van der Waals surface area contributed by atoms with Crippen LogP contribution in [0.25, 0.3) is 0 Å². The van der Waals surface area contributed by atoms with Gasteiger partial charge in [-0.15, -0.1) is 0 Å². The van der Waals surface area contributed by atoms with Gasteiger partial charge in [0.15, 0.2) is 0 Å². The van der Waals surface area contributed by atoms with E-state index in [1.54, 1.807) is 32.9 Å². The van der Waals surface area contributed by atoms with E-state index in [9.17, 15) is 18.0 Å². The number of aryl methyl sites for hydroxylation is 1. The molecule has 0 aliphatic carbocycles. The number of rotatable bonds is 5. The molecule has 1 rings (SSSR count). The second-order valence-corrected chi connectivity index (χ2v) is 5.61. The fraction of sp³-hybridized carbons (Fsp3) is 0.600. The van der Waals surface area contributed by atoms with E-state index >= 15 is 0 Å². The van der Waals surface area contributed by atoms with Crippen molar-refractivity contribution < 1.29 is 18.0 Å². The Bertz CT molecular complexity index is 469. The SMILES string of the molecule is Cc1ccc(CC(=O)N(CC(F)(F)F)C(C)C(C)C)cn1. The predicted octanol–water partition coefficient (Wildman–Crippen LogP) is 3.37. The highest BCUT2D eigenvalue weighted by Crippen LogP contribution is 2.21. The van der Waals surface area contributed by atoms with Crippen molar-refractivity contribution >= 4 is 5.91 Å². The maximum atomic E-state index is 12.7. The number of hydrogen-bond acceptors (Lipinski definition) is 2. The maximum absolute atomic E-state index is 12.7. The first-order valence-electron chi connectivity index (χ1n) is 6.88. The number of amides is 1. The number of hydrogen-bond donors (Lipinski definition) is 0. The van der Waals surface area contributed by atoms with Gasteiger partial charge in [0.1, 0.15) is 6.54 Å². The molecule has 0 bridgehead atoms. The molecule has 118 valence electrons. The summed E-state index contributed by atoms with van der Waals surface area (Å²) >= 11 is 0. The first-order chi connectivity index (χ1) is 9.60. The van der Waals surface area contributed by atoms with Gasteiger partial charge >= 0.3 is 6.18 Å². The summed E-state index contributed by atoms with van der Waals surface area (Å²) in [6.45, 7) is 5.83. The van der Waals surface area contributed by atoms with E-state index in [-0.39, 0.29) is 12.3 Å². The number of halogens is 3. The van der Waals surface area contributed by atoms with Crippen molar-refractivity contribution in [3.05, 3.63) is 29.6 Å². The standard InChI is InChI=1S/C15H21F3N2O/c1-10(2)12(4)20(9-15(16,17)18)14(21)7-13-6-5-11(3)19-8-13/h5-6,8,10,12H,7,9H2,1-4H3. The zero-order chi connectivity index (χ0) is 16.2. The van der Waals surface area contributed by atoms with Crippen LogP contribution in [0.3, 0.4) is 0 Å². The molecule has 0 aliphatic rings. The van der Waals surface area contributed by atoms with Crippen LogP contribution < -0.4 is 0 Å². The Morgan fingerprint density at radius 2 is 1.90 bits per heavy atom. The summed E-state index contributed by atoms with van der Waals surface area (Å²) in [7, 11) is 0. The average Bonchev–Trinajstić information content (AvgIpc) is 2.36. The molecule has 0 radical (unpaired) electrons. The fourth-order valence-corrected chi connectivity index (χ4v) is 1.89. The highest BCUT2D eigenvalue weighted by molar-refractivity contribution is 5.79. The zero-order valence-corrected chi connectivity index (χ0v) is 12.7. The van der Waals surface area contributed by atoms with Crippen molar-refractivity contribution in [3.8, 4) is 0 Å². The van der Waals surface area contributed by atoms with Gasteiger partial charge in [-0.3, -0.25) is 9.78 Å². The minimum atomic E-state index is -4.40. The van der Waals surface area contributed by atoms with Crippen LogP contribution in [0, 0.1) is 12.8 Å². The van der Waals surface area contributed by atoms with Crippen molar-refractivity contribution in [3.63, 3.8) is 0 Å². The summed E-state index contributed by atoms with van der Waals surface area (Å²) in [5.74, 6) is -0.577. The summed E-state index contributed by atoms with van der Waals surface area (Å²) in [6, 6.07) is 2.98. The van der Waals surface area contributed by atoms with Crippen LogP contribution in [0.2, 0.25) is 0 Å². The first-order valence-corrected chi connectivity index (χ1v) is 6.88. The van der Waals surface area contributed by atoms with Crippen molar-refractivity contribution in [2.24, 2.45) is 5.92 Å². The number of carbonyl (C=O) groups is 1. The summed E-state index contributed by atoms with van der Waals surface area (Å²) in [5.41, 5.74) is 1.42. The van der Waals surface area contributed by atoms with Crippen LogP contribution in [-0.4, -0.2) is 34.6 Å². The van der Waals surface area contributed by atoms with Gasteiger partial charge in [0.2, 0.25) is 5.91 Å². The van der Waals surface area contributed by atoms with E-state index in [2.05, 4.69) is 4.98 Å². The van der Waals surface area contributed by atoms with Gasteiger partial charge in [0, 0.05) is 17.9 Å². The van der Waals surface area contributed by atoms with Gasteiger partial charge in [-0.2, -0.15) is 13.2 Å². The van der Waals surface area contributed by atoms with E-state index in [1.807, 2.05) is 6.92 Å². The number of pyridine rings is 1. The molecule has 0 saturated heterocycles.